The standard InChI is InChI=1S/C7H5Cl2NO/c8-6-3-1-2-5(4-6)7(9)10-11/h1-4,7H. The van der Waals surface area contributed by atoms with Gasteiger partial charge in [0, 0.05) is 5.02 Å². The summed E-state index contributed by atoms with van der Waals surface area (Å²) in [6.45, 7) is 0. The van der Waals surface area contributed by atoms with E-state index in [2.05, 4.69) is 5.18 Å². The van der Waals surface area contributed by atoms with E-state index in [4.69, 9.17) is 23.2 Å². The molecular formula is C7H5Cl2NO. The topological polar surface area (TPSA) is 29.4 Å². The maximum absolute atomic E-state index is 9.99. The third-order valence-corrected chi connectivity index (χ3v) is 1.78. The second-order valence-corrected chi connectivity index (χ2v) is 2.85. The van der Waals surface area contributed by atoms with Crippen LogP contribution in [0.5, 0.6) is 0 Å². The number of hydrogen-bond donors (Lipinski definition) is 0. The molecule has 0 heterocycles. The van der Waals surface area contributed by atoms with Gasteiger partial charge in [-0.15, -0.1) is 4.91 Å². The monoisotopic (exact) mass is 189 g/mol. The third kappa shape index (κ3) is 2.17. The summed E-state index contributed by atoms with van der Waals surface area (Å²) in [7, 11) is 0. The van der Waals surface area contributed by atoms with Crippen LogP contribution in [0.2, 0.25) is 5.02 Å². The normalized spacial score (nSPS) is 12.5. The Kier molecular flexibility index (Phi) is 2.85. The molecule has 4 heteroatoms. The predicted octanol–water partition coefficient (Wildman–Crippen LogP) is 3.34. The first-order valence-electron chi connectivity index (χ1n) is 2.96. The summed E-state index contributed by atoms with van der Waals surface area (Å²) in [4.78, 5) is 9.99. The van der Waals surface area contributed by atoms with Gasteiger partial charge >= 0.3 is 0 Å². The number of hydrogen-bond acceptors (Lipinski definition) is 2. The summed E-state index contributed by atoms with van der Waals surface area (Å²) in [5, 5.41) is 3.21. The molecule has 0 N–H and O–H groups in total. The van der Waals surface area contributed by atoms with E-state index >= 15 is 0 Å². The maximum Gasteiger partial charge on any atom is 0.190 e. The molecule has 0 fully saturated rings. The Hall–Kier alpha value is -0.600. The molecule has 0 radical (unpaired) electrons. The molecular weight excluding hydrogens is 185 g/mol. The Bertz CT molecular complexity index is 264. The lowest BCUT2D eigenvalue weighted by molar-refractivity contribution is 1.00. The lowest BCUT2D eigenvalue weighted by atomic mass is 10.2. The van der Waals surface area contributed by atoms with E-state index in [1.165, 1.54) is 0 Å². The van der Waals surface area contributed by atoms with Crippen molar-refractivity contribution in [2.45, 2.75) is 5.50 Å². The number of benzene rings is 1. The lowest BCUT2D eigenvalue weighted by Crippen LogP contribution is -1.83. The van der Waals surface area contributed by atoms with E-state index < -0.39 is 5.50 Å². The van der Waals surface area contributed by atoms with Crippen LogP contribution in [-0.4, -0.2) is 0 Å². The molecule has 0 saturated carbocycles. The molecule has 0 bridgehead atoms. The third-order valence-electron chi connectivity index (χ3n) is 1.22. The van der Waals surface area contributed by atoms with Gasteiger partial charge in [0.25, 0.3) is 0 Å². The molecule has 1 rings (SSSR count). The van der Waals surface area contributed by atoms with Crippen molar-refractivity contribution in [2.75, 3.05) is 0 Å². The van der Waals surface area contributed by atoms with Crippen molar-refractivity contribution in [2.24, 2.45) is 5.18 Å². The van der Waals surface area contributed by atoms with Crippen molar-refractivity contribution in [1.82, 2.24) is 0 Å². The zero-order valence-corrected chi connectivity index (χ0v) is 7.01. The van der Waals surface area contributed by atoms with E-state index in [-0.39, 0.29) is 0 Å². The minimum Gasteiger partial charge on any atom is -0.149 e. The van der Waals surface area contributed by atoms with Gasteiger partial charge in [0.05, 0.1) is 0 Å². The van der Waals surface area contributed by atoms with Gasteiger partial charge in [0.1, 0.15) is 0 Å². The number of halogens is 2. The van der Waals surface area contributed by atoms with Crippen LogP contribution in [0.25, 0.3) is 0 Å². The number of nitroso groups, excluding NO2 is 1. The van der Waals surface area contributed by atoms with Crippen LogP contribution in [0.15, 0.2) is 29.4 Å². The van der Waals surface area contributed by atoms with Crippen molar-refractivity contribution in [3.8, 4) is 0 Å². The summed E-state index contributed by atoms with van der Waals surface area (Å²) < 4.78 is 0. The molecule has 1 unspecified atom stereocenters. The fraction of sp³-hybridized carbons (Fsp3) is 0.143. The summed E-state index contributed by atoms with van der Waals surface area (Å²) in [6.07, 6.45) is 0. The number of alkyl halides is 1. The minimum atomic E-state index is -0.839. The van der Waals surface area contributed by atoms with E-state index in [0.29, 0.717) is 10.6 Å². The number of nitrogens with zero attached hydrogens (tertiary/aromatic N) is 1. The first-order chi connectivity index (χ1) is 5.24. The van der Waals surface area contributed by atoms with Crippen LogP contribution in [-0.2, 0) is 0 Å². The zero-order chi connectivity index (χ0) is 8.27. The van der Waals surface area contributed by atoms with Gasteiger partial charge in [-0.05, 0) is 22.9 Å². The molecule has 1 aromatic rings. The summed E-state index contributed by atoms with van der Waals surface area (Å²) >= 11 is 11.2. The molecule has 0 aliphatic heterocycles. The molecule has 0 spiro atoms. The zero-order valence-electron chi connectivity index (χ0n) is 5.50. The maximum atomic E-state index is 9.99. The average molecular weight is 190 g/mol. The SMILES string of the molecule is O=NC(Cl)c1cccc(Cl)c1. The van der Waals surface area contributed by atoms with Gasteiger partial charge in [0.15, 0.2) is 5.50 Å². The highest BCUT2D eigenvalue weighted by Crippen LogP contribution is 2.23. The van der Waals surface area contributed by atoms with E-state index in [1.54, 1.807) is 24.3 Å². The van der Waals surface area contributed by atoms with Crippen LogP contribution in [0.3, 0.4) is 0 Å². The second-order valence-electron chi connectivity index (χ2n) is 2.00. The number of rotatable bonds is 2. The highest BCUT2D eigenvalue weighted by Gasteiger charge is 2.05. The van der Waals surface area contributed by atoms with Crippen LogP contribution < -0.4 is 0 Å². The molecule has 0 aliphatic carbocycles. The van der Waals surface area contributed by atoms with Crippen molar-refractivity contribution < 1.29 is 0 Å². The molecule has 58 valence electrons. The molecule has 0 aromatic heterocycles. The lowest BCUT2D eigenvalue weighted by Gasteiger charge is -1.99. The first kappa shape index (κ1) is 8.50. The average Bonchev–Trinajstić information content (AvgIpc) is 2.03. The largest absolute Gasteiger partial charge is 0.190 e. The van der Waals surface area contributed by atoms with Crippen LogP contribution in [0.1, 0.15) is 11.1 Å². The Morgan fingerprint density at radius 1 is 1.45 bits per heavy atom. The highest BCUT2D eigenvalue weighted by atomic mass is 35.5. The fourth-order valence-corrected chi connectivity index (χ4v) is 1.05. The Balaban J connectivity index is 2.95. The Morgan fingerprint density at radius 3 is 2.73 bits per heavy atom. The van der Waals surface area contributed by atoms with Gasteiger partial charge in [-0.25, -0.2) is 0 Å². The predicted molar refractivity (Wildman–Crippen MR) is 45.8 cm³/mol. The van der Waals surface area contributed by atoms with E-state index in [9.17, 15) is 4.91 Å². The van der Waals surface area contributed by atoms with Gasteiger partial charge in [-0.1, -0.05) is 35.3 Å². The van der Waals surface area contributed by atoms with Crippen molar-refractivity contribution in [3.05, 3.63) is 39.8 Å². The molecule has 0 amide bonds. The van der Waals surface area contributed by atoms with Crippen LogP contribution in [0, 0.1) is 4.91 Å². The van der Waals surface area contributed by atoms with Gasteiger partial charge < -0.3 is 0 Å². The van der Waals surface area contributed by atoms with Crippen molar-refractivity contribution in [1.29, 1.82) is 0 Å². The summed E-state index contributed by atoms with van der Waals surface area (Å²) in [6, 6.07) is 6.74. The fourth-order valence-electron chi connectivity index (χ4n) is 0.716. The quantitative estimate of drug-likeness (QED) is 0.399. The molecule has 0 aliphatic rings. The Labute approximate surface area is 74.1 Å². The van der Waals surface area contributed by atoms with E-state index in [1.807, 2.05) is 0 Å². The van der Waals surface area contributed by atoms with Crippen LogP contribution >= 0.6 is 23.2 Å². The van der Waals surface area contributed by atoms with Crippen molar-refractivity contribution >= 4 is 23.2 Å². The van der Waals surface area contributed by atoms with Gasteiger partial charge in [-0.3, -0.25) is 0 Å². The smallest absolute Gasteiger partial charge is 0.149 e. The Morgan fingerprint density at radius 2 is 2.18 bits per heavy atom. The van der Waals surface area contributed by atoms with Gasteiger partial charge in [-0.2, -0.15) is 0 Å². The molecule has 11 heavy (non-hydrogen) atoms. The summed E-state index contributed by atoms with van der Waals surface area (Å²) in [5.74, 6) is 0. The molecule has 1 aromatic carbocycles. The first-order valence-corrected chi connectivity index (χ1v) is 3.77. The molecule has 0 saturated heterocycles. The molecule has 1 atom stereocenters. The van der Waals surface area contributed by atoms with E-state index in [0.717, 1.165) is 0 Å². The van der Waals surface area contributed by atoms with Gasteiger partial charge in [0.2, 0.25) is 0 Å². The summed E-state index contributed by atoms with van der Waals surface area (Å²) in [5.41, 5.74) is -0.220. The highest BCUT2D eigenvalue weighted by molar-refractivity contribution is 6.30. The van der Waals surface area contributed by atoms with Crippen molar-refractivity contribution in [3.63, 3.8) is 0 Å². The second kappa shape index (κ2) is 3.69. The minimum absolute atomic E-state index is 0.553. The van der Waals surface area contributed by atoms with Crippen LogP contribution in [0.4, 0.5) is 0 Å². The molecule has 2 nitrogen and oxygen atoms in total.